The molecule has 0 bridgehead atoms. The summed E-state index contributed by atoms with van der Waals surface area (Å²) in [5.41, 5.74) is 5.99. The highest BCUT2D eigenvalue weighted by atomic mass is 16.5. The van der Waals surface area contributed by atoms with Gasteiger partial charge < -0.3 is 20.3 Å². The molecule has 0 saturated heterocycles. The van der Waals surface area contributed by atoms with Crippen molar-refractivity contribution in [2.45, 2.75) is 12.5 Å². The number of nitrogens with zero attached hydrogens (tertiary/aromatic N) is 1. The molecule has 84 valence electrons. The molecule has 1 heterocycles. The van der Waals surface area contributed by atoms with E-state index in [-0.39, 0.29) is 0 Å². The fourth-order valence-corrected chi connectivity index (χ4v) is 1.39. The van der Waals surface area contributed by atoms with Crippen molar-refractivity contribution in [3.63, 3.8) is 0 Å². The lowest BCUT2D eigenvalue weighted by Gasteiger charge is -2.16. The number of ether oxygens (including phenoxy) is 2. The maximum atomic E-state index is 9.88. The minimum absolute atomic E-state index is 0.399. The minimum Gasteiger partial charge on any atom is -0.495 e. The molecule has 1 aromatic rings. The summed E-state index contributed by atoms with van der Waals surface area (Å²) in [6.07, 6.45) is 2.84. The van der Waals surface area contributed by atoms with Gasteiger partial charge >= 0.3 is 0 Å². The Bertz CT molecular complexity index is 295. The number of rotatable bonds is 5. The number of aliphatic hydroxyl groups excluding tert-OH is 1. The van der Waals surface area contributed by atoms with Crippen molar-refractivity contribution in [2.75, 3.05) is 20.8 Å². The summed E-state index contributed by atoms with van der Waals surface area (Å²) in [4.78, 5) is 3.94. The number of aromatic nitrogens is 1. The number of aliphatic hydroxyl groups is 1. The highest BCUT2D eigenvalue weighted by Crippen LogP contribution is 2.33. The largest absolute Gasteiger partial charge is 0.495 e. The van der Waals surface area contributed by atoms with Crippen molar-refractivity contribution in [3.8, 4) is 11.5 Å². The molecule has 0 fully saturated rings. The third-order valence-corrected chi connectivity index (χ3v) is 2.13. The molecule has 0 aliphatic carbocycles. The maximum Gasteiger partial charge on any atom is 0.146 e. The summed E-state index contributed by atoms with van der Waals surface area (Å²) in [5, 5.41) is 9.88. The molecule has 5 nitrogen and oxygen atoms in total. The zero-order chi connectivity index (χ0) is 11.3. The summed E-state index contributed by atoms with van der Waals surface area (Å²) in [5.74, 6) is 1.02. The lowest BCUT2D eigenvalue weighted by molar-refractivity contribution is 0.161. The summed E-state index contributed by atoms with van der Waals surface area (Å²) in [7, 11) is 3.05. The molecule has 0 aromatic carbocycles. The average Bonchev–Trinajstić information content (AvgIpc) is 2.28. The van der Waals surface area contributed by atoms with Crippen LogP contribution < -0.4 is 15.2 Å². The van der Waals surface area contributed by atoms with Gasteiger partial charge in [-0.3, -0.25) is 4.98 Å². The molecule has 5 heteroatoms. The molecule has 0 spiro atoms. The average molecular weight is 212 g/mol. The first-order chi connectivity index (χ1) is 7.24. The molecule has 1 aromatic heterocycles. The van der Waals surface area contributed by atoms with Gasteiger partial charge in [0.1, 0.15) is 11.5 Å². The smallest absolute Gasteiger partial charge is 0.146 e. The molecule has 1 rings (SSSR count). The van der Waals surface area contributed by atoms with Gasteiger partial charge in [0.05, 0.1) is 38.3 Å². The molecular formula is C10H16N2O3. The van der Waals surface area contributed by atoms with E-state index in [2.05, 4.69) is 4.98 Å². The van der Waals surface area contributed by atoms with E-state index in [4.69, 9.17) is 15.2 Å². The second-order valence-electron chi connectivity index (χ2n) is 3.05. The van der Waals surface area contributed by atoms with Crippen molar-refractivity contribution < 1.29 is 14.6 Å². The van der Waals surface area contributed by atoms with Crippen LogP contribution in [0.25, 0.3) is 0 Å². The van der Waals surface area contributed by atoms with E-state index >= 15 is 0 Å². The van der Waals surface area contributed by atoms with E-state index in [1.165, 1.54) is 26.6 Å². The molecule has 1 atom stereocenters. The van der Waals surface area contributed by atoms with Crippen LogP contribution >= 0.6 is 0 Å². The third-order valence-electron chi connectivity index (χ3n) is 2.13. The molecule has 0 aliphatic heterocycles. The number of hydrogen-bond donors (Lipinski definition) is 2. The van der Waals surface area contributed by atoms with Gasteiger partial charge in [-0.25, -0.2) is 0 Å². The Hall–Kier alpha value is -1.33. The highest BCUT2D eigenvalue weighted by molar-refractivity contribution is 5.43. The first-order valence-electron chi connectivity index (χ1n) is 4.68. The van der Waals surface area contributed by atoms with E-state index in [1.54, 1.807) is 0 Å². The van der Waals surface area contributed by atoms with Gasteiger partial charge in [0.25, 0.3) is 0 Å². The lowest BCUT2D eigenvalue weighted by atomic mass is 10.1. The van der Waals surface area contributed by atoms with Crippen LogP contribution in [0.2, 0.25) is 0 Å². The Balaban J connectivity index is 3.09. The second-order valence-corrected chi connectivity index (χ2v) is 3.05. The topological polar surface area (TPSA) is 77.6 Å². The molecule has 3 N–H and O–H groups in total. The van der Waals surface area contributed by atoms with Crippen molar-refractivity contribution in [2.24, 2.45) is 5.73 Å². The predicted molar refractivity (Wildman–Crippen MR) is 56.0 cm³/mol. The normalized spacial score (nSPS) is 12.3. The SMILES string of the molecule is COc1cncc(OC)c1C(O)CCN. The van der Waals surface area contributed by atoms with Crippen molar-refractivity contribution in [3.05, 3.63) is 18.0 Å². The van der Waals surface area contributed by atoms with Crippen LogP contribution in [0.15, 0.2) is 12.4 Å². The lowest BCUT2D eigenvalue weighted by Crippen LogP contribution is -2.09. The molecule has 1 unspecified atom stereocenters. The van der Waals surface area contributed by atoms with Crippen LogP contribution in [0.3, 0.4) is 0 Å². The van der Waals surface area contributed by atoms with E-state index < -0.39 is 6.10 Å². The van der Waals surface area contributed by atoms with Gasteiger partial charge in [0.2, 0.25) is 0 Å². The fourth-order valence-electron chi connectivity index (χ4n) is 1.39. The number of nitrogens with two attached hydrogens (primary N) is 1. The number of pyridine rings is 1. The van der Waals surface area contributed by atoms with Crippen LogP contribution in [-0.4, -0.2) is 30.9 Å². The minimum atomic E-state index is -0.692. The van der Waals surface area contributed by atoms with Gasteiger partial charge in [-0.05, 0) is 13.0 Å². The Morgan fingerprint density at radius 1 is 1.33 bits per heavy atom. The number of methoxy groups -OCH3 is 2. The first-order valence-corrected chi connectivity index (χ1v) is 4.68. The summed E-state index contributed by atoms with van der Waals surface area (Å²) < 4.78 is 10.2. The molecule has 0 amide bonds. The first kappa shape index (κ1) is 11.7. The molecule has 0 saturated carbocycles. The van der Waals surface area contributed by atoms with Crippen LogP contribution in [0.1, 0.15) is 18.1 Å². The summed E-state index contributed by atoms with van der Waals surface area (Å²) in [6.45, 7) is 0.399. The van der Waals surface area contributed by atoms with Crippen LogP contribution in [0, 0.1) is 0 Å². The third kappa shape index (κ3) is 2.57. The Kier molecular flexibility index (Phi) is 4.33. The van der Waals surface area contributed by atoms with Crippen molar-refractivity contribution in [1.29, 1.82) is 0 Å². The van der Waals surface area contributed by atoms with Crippen LogP contribution in [-0.2, 0) is 0 Å². The monoisotopic (exact) mass is 212 g/mol. The maximum absolute atomic E-state index is 9.88. The van der Waals surface area contributed by atoms with Gasteiger partial charge in [0, 0.05) is 0 Å². The van der Waals surface area contributed by atoms with Crippen molar-refractivity contribution in [1.82, 2.24) is 4.98 Å². The standard InChI is InChI=1S/C10H16N2O3/c1-14-8-5-12-6-9(15-2)10(8)7(13)3-4-11/h5-7,13H,3-4,11H2,1-2H3. The van der Waals surface area contributed by atoms with Gasteiger partial charge in [0.15, 0.2) is 0 Å². The Labute approximate surface area is 88.8 Å². The Morgan fingerprint density at radius 2 is 1.87 bits per heavy atom. The van der Waals surface area contributed by atoms with Gasteiger partial charge in [-0.15, -0.1) is 0 Å². The summed E-state index contributed by atoms with van der Waals surface area (Å²) >= 11 is 0. The van der Waals surface area contributed by atoms with Gasteiger partial charge in [-0.2, -0.15) is 0 Å². The van der Waals surface area contributed by atoms with Crippen LogP contribution in [0.4, 0.5) is 0 Å². The predicted octanol–water partition coefficient (Wildman–Crippen LogP) is 0.481. The zero-order valence-corrected chi connectivity index (χ0v) is 8.93. The second kappa shape index (κ2) is 5.53. The van der Waals surface area contributed by atoms with Crippen LogP contribution in [0.5, 0.6) is 11.5 Å². The van der Waals surface area contributed by atoms with Crippen molar-refractivity contribution >= 4 is 0 Å². The molecule has 0 aliphatic rings. The fraction of sp³-hybridized carbons (Fsp3) is 0.500. The Morgan fingerprint density at radius 3 is 2.27 bits per heavy atom. The molecule has 15 heavy (non-hydrogen) atoms. The van der Waals surface area contributed by atoms with E-state index in [9.17, 15) is 5.11 Å². The quantitative estimate of drug-likeness (QED) is 0.742. The zero-order valence-electron chi connectivity index (χ0n) is 8.93. The van der Waals surface area contributed by atoms with E-state index in [0.717, 1.165) is 0 Å². The van der Waals surface area contributed by atoms with E-state index in [1.807, 2.05) is 0 Å². The van der Waals surface area contributed by atoms with Gasteiger partial charge in [-0.1, -0.05) is 0 Å². The highest BCUT2D eigenvalue weighted by Gasteiger charge is 2.18. The molecule has 0 radical (unpaired) electrons. The number of hydrogen-bond acceptors (Lipinski definition) is 5. The molecular weight excluding hydrogens is 196 g/mol. The van der Waals surface area contributed by atoms with E-state index in [0.29, 0.717) is 30.0 Å². The summed E-state index contributed by atoms with van der Waals surface area (Å²) in [6, 6.07) is 0.